The molecule has 0 aliphatic carbocycles. The second kappa shape index (κ2) is 6.37. The molecule has 0 saturated carbocycles. The van der Waals surface area contributed by atoms with Crippen molar-refractivity contribution in [3.8, 4) is 0 Å². The molecular weight excluding hydrogens is 136 g/mol. The summed E-state index contributed by atoms with van der Waals surface area (Å²) in [5.74, 6) is 1.42. The summed E-state index contributed by atoms with van der Waals surface area (Å²) in [5, 5.41) is 8.45. The minimum Gasteiger partial charge on any atom is -0.396 e. The Hall–Kier alpha value is 0.250. The molecule has 0 rings (SSSR count). The molecule has 0 fully saturated rings. The van der Waals surface area contributed by atoms with Gasteiger partial charge in [-0.2, -0.15) is 0 Å². The fourth-order valence-corrected chi connectivity index (χ4v) is 1.14. The topological polar surface area (TPSA) is 20.2 Å². The first-order valence-corrected chi connectivity index (χ1v) is 4.01. The smallest absolute Gasteiger partial charge is 0.0431 e. The molecule has 56 valence electrons. The molecule has 1 nitrogen and oxygen atoms in total. The van der Waals surface area contributed by atoms with Crippen molar-refractivity contribution in [2.24, 2.45) is 5.92 Å². The molecule has 0 saturated heterocycles. The van der Waals surface area contributed by atoms with Crippen LogP contribution in [0.3, 0.4) is 0 Å². The molecule has 0 heterocycles. The van der Waals surface area contributed by atoms with Gasteiger partial charge in [0.2, 0.25) is 0 Å². The molecule has 2 heteroatoms. The normalized spacial score (nSPS) is 13.7. The van der Waals surface area contributed by atoms with Crippen LogP contribution in [-0.2, 0) is 0 Å². The second-order valence-electron chi connectivity index (χ2n) is 2.45. The molecular formula is C7H15ClO. The molecule has 1 atom stereocenters. The molecule has 0 unspecified atom stereocenters. The minimum atomic E-state index is 0.312. The summed E-state index contributed by atoms with van der Waals surface area (Å²) < 4.78 is 0. The summed E-state index contributed by atoms with van der Waals surface area (Å²) >= 11 is 5.51. The Morgan fingerprint density at radius 3 is 2.56 bits per heavy atom. The predicted molar refractivity (Wildman–Crippen MR) is 40.8 cm³/mol. The lowest BCUT2D eigenvalue weighted by Crippen LogP contribution is -1.96. The standard InChI is InChI=1S/C7H15ClO/c1-7(4-5-8)3-2-6-9/h7,9H,2-6H2,1H3/t7-/m1/s1. The Morgan fingerprint density at radius 1 is 1.44 bits per heavy atom. The van der Waals surface area contributed by atoms with Gasteiger partial charge in [-0.3, -0.25) is 0 Å². The van der Waals surface area contributed by atoms with Crippen LogP contribution in [0.15, 0.2) is 0 Å². The summed E-state index contributed by atoms with van der Waals surface area (Å²) in [6.45, 7) is 2.48. The maximum absolute atomic E-state index is 8.45. The van der Waals surface area contributed by atoms with E-state index in [2.05, 4.69) is 6.92 Å². The van der Waals surface area contributed by atoms with Gasteiger partial charge in [0.25, 0.3) is 0 Å². The summed E-state index contributed by atoms with van der Waals surface area (Å²) in [6.07, 6.45) is 3.09. The maximum atomic E-state index is 8.45. The lowest BCUT2D eigenvalue weighted by Gasteiger charge is -2.06. The highest BCUT2D eigenvalue weighted by atomic mass is 35.5. The largest absolute Gasteiger partial charge is 0.396 e. The average molecular weight is 151 g/mol. The Bertz CT molecular complexity index is 56.9. The number of aliphatic hydroxyl groups excluding tert-OH is 1. The van der Waals surface area contributed by atoms with Crippen molar-refractivity contribution in [3.05, 3.63) is 0 Å². The van der Waals surface area contributed by atoms with Crippen LogP contribution in [0.1, 0.15) is 26.2 Å². The van der Waals surface area contributed by atoms with Gasteiger partial charge in [-0.05, 0) is 25.2 Å². The van der Waals surface area contributed by atoms with Crippen molar-refractivity contribution >= 4 is 11.6 Å². The predicted octanol–water partition coefficient (Wildman–Crippen LogP) is 2.02. The molecule has 1 N–H and O–H groups in total. The fourth-order valence-electron chi connectivity index (χ4n) is 0.770. The molecule has 0 aliphatic heterocycles. The Balaban J connectivity index is 2.95. The molecule has 0 aliphatic rings. The highest BCUT2D eigenvalue weighted by molar-refractivity contribution is 6.17. The van der Waals surface area contributed by atoms with E-state index in [-0.39, 0.29) is 0 Å². The van der Waals surface area contributed by atoms with Gasteiger partial charge in [-0.15, -0.1) is 11.6 Å². The van der Waals surface area contributed by atoms with E-state index in [1.54, 1.807) is 0 Å². The zero-order valence-electron chi connectivity index (χ0n) is 5.94. The zero-order chi connectivity index (χ0) is 7.11. The summed E-state index contributed by atoms with van der Waals surface area (Å²) in [5.41, 5.74) is 0. The van der Waals surface area contributed by atoms with Crippen molar-refractivity contribution in [2.75, 3.05) is 12.5 Å². The van der Waals surface area contributed by atoms with Gasteiger partial charge in [0.15, 0.2) is 0 Å². The van der Waals surface area contributed by atoms with Crippen molar-refractivity contribution in [1.29, 1.82) is 0 Å². The van der Waals surface area contributed by atoms with Gasteiger partial charge in [0.1, 0.15) is 0 Å². The number of hydrogen-bond acceptors (Lipinski definition) is 1. The Kier molecular flexibility index (Phi) is 6.55. The van der Waals surface area contributed by atoms with Crippen LogP contribution in [0.4, 0.5) is 0 Å². The van der Waals surface area contributed by atoms with Crippen LogP contribution < -0.4 is 0 Å². The third-order valence-corrected chi connectivity index (χ3v) is 1.68. The third-order valence-electron chi connectivity index (χ3n) is 1.46. The van der Waals surface area contributed by atoms with Crippen LogP contribution in [0.25, 0.3) is 0 Å². The van der Waals surface area contributed by atoms with Crippen molar-refractivity contribution in [2.45, 2.75) is 26.2 Å². The highest BCUT2D eigenvalue weighted by Gasteiger charge is 1.98. The van der Waals surface area contributed by atoms with Crippen LogP contribution in [0, 0.1) is 5.92 Å². The molecule has 0 aromatic rings. The van der Waals surface area contributed by atoms with Crippen LogP contribution >= 0.6 is 11.6 Å². The van der Waals surface area contributed by atoms with E-state index in [9.17, 15) is 0 Å². The molecule has 0 bridgehead atoms. The van der Waals surface area contributed by atoms with E-state index < -0.39 is 0 Å². The lowest BCUT2D eigenvalue weighted by molar-refractivity contribution is 0.273. The zero-order valence-corrected chi connectivity index (χ0v) is 6.69. The first kappa shape index (κ1) is 9.25. The number of aliphatic hydroxyl groups is 1. The molecule has 0 spiro atoms. The average Bonchev–Trinajstić information content (AvgIpc) is 1.85. The van der Waals surface area contributed by atoms with Gasteiger partial charge in [-0.1, -0.05) is 6.92 Å². The van der Waals surface area contributed by atoms with E-state index in [1.807, 2.05) is 0 Å². The summed E-state index contributed by atoms with van der Waals surface area (Å²) in [6, 6.07) is 0. The number of hydrogen-bond donors (Lipinski definition) is 1. The summed E-state index contributed by atoms with van der Waals surface area (Å²) in [4.78, 5) is 0. The van der Waals surface area contributed by atoms with Gasteiger partial charge < -0.3 is 5.11 Å². The lowest BCUT2D eigenvalue weighted by atomic mass is 10.0. The summed E-state index contributed by atoms with van der Waals surface area (Å²) in [7, 11) is 0. The van der Waals surface area contributed by atoms with Gasteiger partial charge in [0.05, 0.1) is 0 Å². The van der Waals surface area contributed by atoms with E-state index >= 15 is 0 Å². The first-order chi connectivity index (χ1) is 4.31. The highest BCUT2D eigenvalue weighted by Crippen LogP contribution is 2.09. The Labute approximate surface area is 62.0 Å². The molecule has 9 heavy (non-hydrogen) atoms. The van der Waals surface area contributed by atoms with Crippen LogP contribution in [0.5, 0.6) is 0 Å². The Morgan fingerprint density at radius 2 is 2.11 bits per heavy atom. The second-order valence-corrected chi connectivity index (χ2v) is 2.83. The van der Waals surface area contributed by atoms with E-state index in [1.165, 1.54) is 0 Å². The SMILES string of the molecule is C[C@@H](CCCl)CCCO. The van der Waals surface area contributed by atoms with Crippen LogP contribution in [-0.4, -0.2) is 17.6 Å². The quantitative estimate of drug-likeness (QED) is 0.595. The van der Waals surface area contributed by atoms with Gasteiger partial charge in [-0.25, -0.2) is 0 Å². The molecule has 0 radical (unpaired) electrons. The fraction of sp³-hybridized carbons (Fsp3) is 1.00. The van der Waals surface area contributed by atoms with Crippen molar-refractivity contribution in [1.82, 2.24) is 0 Å². The monoisotopic (exact) mass is 150 g/mol. The molecule has 0 aromatic carbocycles. The minimum absolute atomic E-state index is 0.312. The van der Waals surface area contributed by atoms with E-state index in [4.69, 9.17) is 16.7 Å². The van der Waals surface area contributed by atoms with Crippen LogP contribution in [0.2, 0.25) is 0 Å². The maximum Gasteiger partial charge on any atom is 0.0431 e. The first-order valence-electron chi connectivity index (χ1n) is 3.48. The number of alkyl halides is 1. The van der Waals surface area contributed by atoms with E-state index in [0.717, 1.165) is 25.1 Å². The number of halogens is 1. The van der Waals surface area contributed by atoms with Gasteiger partial charge >= 0.3 is 0 Å². The van der Waals surface area contributed by atoms with E-state index in [0.29, 0.717) is 12.5 Å². The van der Waals surface area contributed by atoms with Gasteiger partial charge in [0, 0.05) is 12.5 Å². The van der Waals surface area contributed by atoms with Crippen molar-refractivity contribution in [3.63, 3.8) is 0 Å². The number of rotatable bonds is 5. The van der Waals surface area contributed by atoms with Crippen molar-refractivity contribution < 1.29 is 5.11 Å². The molecule has 0 aromatic heterocycles. The third kappa shape index (κ3) is 6.13. The molecule has 0 amide bonds.